The van der Waals surface area contributed by atoms with Gasteiger partial charge in [-0.3, -0.25) is 0 Å². The number of nitrogens with zero attached hydrogens (tertiary/aromatic N) is 3. The minimum atomic E-state index is -0.339. The molecule has 0 amide bonds. The van der Waals surface area contributed by atoms with Crippen molar-refractivity contribution >= 4 is 11.6 Å². The van der Waals surface area contributed by atoms with Gasteiger partial charge in [0.2, 0.25) is 5.95 Å². The van der Waals surface area contributed by atoms with Crippen LogP contribution in [0, 0.1) is 5.82 Å². The fraction of sp³-hybridized carbons (Fsp3) is 0.400. The highest BCUT2D eigenvalue weighted by Crippen LogP contribution is 2.06. The van der Waals surface area contributed by atoms with Crippen molar-refractivity contribution in [1.29, 1.82) is 0 Å². The number of fused-ring (bicyclic) bond motifs is 1. The Balaban J connectivity index is 2.13. The maximum atomic E-state index is 12.9. The second kappa shape index (κ2) is 4.44. The quantitative estimate of drug-likeness (QED) is 0.850. The first-order valence-corrected chi connectivity index (χ1v) is 4.97. The minimum absolute atomic E-state index is 0.0725. The van der Waals surface area contributed by atoms with E-state index in [-0.39, 0.29) is 11.9 Å². The molecule has 5 nitrogen and oxygen atoms in total. The first-order valence-electron chi connectivity index (χ1n) is 4.97. The zero-order chi connectivity index (χ0) is 11.5. The van der Waals surface area contributed by atoms with Gasteiger partial charge in [-0.15, -0.1) is 5.10 Å². The van der Waals surface area contributed by atoms with Crippen LogP contribution in [0.1, 0.15) is 6.92 Å². The lowest BCUT2D eigenvalue weighted by molar-refractivity contribution is 0.128. The first-order chi connectivity index (χ1) is 7.69. The van der Waals surface area contributed by atoms with Crippen molar-refractivity contribution < 1.29 is 9.13 Å². The van der Waals surface area contributed by atoms with E-state index in [4.69, 9.17) is 4.74 Å². The maximum Gasteiger partial charge on any atom is 0.243 e. The normalized spacial score (nSPS) is 12.9. The Morgan fingerprint density at radius 2 is 2.38 bits per heavy atom. The van der Waals surface area contributed by atoms with Crippen LogP contribution in [-0.4, -0.2) is 34.4 Å². The third-order valence-electron chi connectivity index (χ3n) is 2.24. The van der Waals surface area contributed by atoms with E-state index in [0.29, 0.717) is 18.1 Å². The average molecular weight is 224 g/mol. The molecule has 0 spiro atoms. The van der Waals surface area contributed by atoms with Gasteiger partial charge in [0.25, 0.3) is 0 Å². The van der Waals surface area contributed by atoms with Gasteiger partial charge in [0.1, 0.15) is 5.82 Å². The van der Waals surface area contributed by atoms with Crippen LogP contribution in [0.4, 0.5) is 10.3 Å². The molecule has 6 heteroatoms. The Kier molecular flexibility index (Phi) is 3.00. The summed E-state index contributed by atoms with van der Waals surface area (Å²) in [5.41, 5.74) is 0.606. The summed E-state index contributed by atoms with van der Waals surface area (Å²) in [4.78, 5) is 4.18. The molecule has 0 aromatic carbocycles. The predicted molar refractivity (Wildman–Crippen MR) is 57.9 cm³/mol. The molecule has 0 aliphatic rings. The van der Waals surface area contributed by atoms with Crippen LogP contribution in [0.2, 0.25) is 0 Å². The fourth-order valence-corrected chi connectivity index (χ4v) is 1.25. The summed E-state index contributed by atoms with van der Waals surface area (Å²) in [7, 11) is 1.64. The summed E-state index contributed by atoms with van der Waals surface area (Å²) in [5.74, 6) is 0.128. The molecule has 2 heterocycles. The molecule has 2 aromatic heterocycles. The Morgan fingerprint density at radius 3 is 3.12 bits per heavy atom. The van der Waals surface area contributed by atoms with Gasteiger partial charge in [-0.2, -0.15) is 4.98 Å². The number of anilines is 1. The molecule has 1 atom stereocenters. The highest BCUT2D eigenvalue weighted by Gasteiger charge is 2.05. The van der Waals surface area contributed by atoms with Crippen LogP contribution in [-0.2, 0) is 4.74 Å². The number of pyridine rings is 1. The number of nitrogens with one attached hydrogen (secondary N) is 1. The molecule has 86 valence electrons. The average Bonchev–Trinajstić information content (AvgIpc) is 2.67. The second-order valence-electron chi connectivity index (χ2n) is 3.51. The number of halogens is 1. The Hall–Kier alpha value is -1.69. The van der Waals surface area contributed by atoms with E-state index in [1.807, 2.05) is 6.92 Å². The van der Waals surface area contributed by atoms with E-state index in [1.54, 1.807) is 13.2 Å². The van der Waals surface area contributed by atoms with Gasteiger partial charge < -0.3 is 10.1 Å². The summed E-state index contributed by atoms with van der Waals surface area (Å²) < 4.78 is 19.4. The lowest BCUT2D eigenvalue weighted by Crippen LogP contribution is -2.18. The van der Waals surface area contributed by atoms with Crippen molar-refractivity contribution in [2.24, 2.45) is 0 Å². The van der Waals surface area contributed by atoms with E-state index >= 15 is 0 Å². The number of aromatic nitrogens is 3. The summed E-state index contributed by atoms with van der Waals surface area (Å²) in [6, 6.07) is 2.93. The van der Waals surface area contributed by atoms with Gasteiger partial charge >= 0.3 is 0 Å². The van der Waals surface area contributed by atoms with Crippen LogP contribution in [0.25, 0.3) is 5.65 Å². The Morgan fingerprint density at radius 1 is 1.56 bits per heavy atom. The number of rotatable bonds is 4. The molecule has 2 aromatic rings. The lowest BCUT2D eigenvalue weighted by atomic mass is 10.4. The molecule has 0 saturated carbocycles. The Bertz CT molecular complexity index is 485. The second-order valence-corrected chi connectivity index (χ2v) is 3.51. The van der Waals surface area contributed by atoms with E-state index in [9.17, 15) is 4.39 Å². The van der Waals surface area contributed by atoms with Gasteiger partial charge in [0.05, 0.1) is 12.3 Å². The number of ether oxygens (including phenoxy) is 1. The van der Waals surface area contributed by atoms with Gasteiger partial charge in [0, 0.05) is 13.7 Å². The molecule has 0 radical (unpaired) electrons. The summed E-state index contributed by atoms with van der Waals surface area (Å²) in [6.07, 6.45) is 1.36. The monoisotopic (exact) mass is 224 g/mol. The largest absolute Gasteiger partial charge is 0.380 e. The predicted octanol–water partition coefficient (Wildman–Crippen LogP) is 1.32. The number of hydrogen-bond acceptors (Lipinski definition) is 4. The standard InChI is InChI=1S/C10H13FN4O/c1-7(16-2)5-12-10-13-9-4-3-8(11)6-15(9)14-10/h3-4,6-7H,5H2,1-2H3,(H,12,14). The van der Waals surface area contributed by atoms with E-state index in [0.717, 1.165) is 0 Å². The Labute approximate surface area is 92.2 Å². The minimum Gasteiger partial charge on any atom is -0.380 e. The number of hydrogen-bond donors (Lipinski definition) is 1. The molecule has 1 unspecified atom stereocenters. The van der Waals surface area contributed by atoms with Crippen molar-refractivity contribution in [3.05, 3.63) is 24.1 Å². The van der Waals surface area contributed by atoms with Gasteiger partial charge in [0.15, 0.2) is 5.65 Å². The van der Waals surface area contributed by atoms with Crippen LogP contribution in [0.5, 0.6) is 0 Å². The van der Waals surface area contributed by atoms with E-state index < -0.39 is 0 Å². The van der Waals surface area contributed by atoms with Crippen LogP contribution >= 0.6 is 0 Å². The first kappa shape index (κ1) is 10.8. The maximum absolute atomic E-state index is 12.9. The van der Waals surface area contributed by atoms with E-state index in [1.165, 1.54) is 16.8 Å². The topological polar surface area (TPSA) is 51.5 Å². The summed E-state index contributed by atoms with van der Waals surface area (Å²) in [6.45, 7) is 2.54. The van der Waals surface area contributed by atoms with Gasteiger partial charge in [-0.1, -0.05) is 0 Å². The highest BCUT2D eigenvalue weighted by atomic mass is 19.1. The SMILES string of the molecule is COC(C)CNc1nc2ccc(F)cn2n1. The van der Waals surface area contributed by atoms with Crippen molar-refractivity contribution in [3.63, 3.8) is 0 Å². The van der Waals surface area contributed by atoms with Crippen molar-refractivity contribution in [2.45, 2.75) is 13.0 Å². The molecule has 0 fully saturated rings. The number of methoxy groups -OCH3 is 1. The molecule has 0 aliphatic heterocycles. The smallest absolute Gasteiger partial charge is 0.243 e. The molecule has 0 bridgehead atoms. The molecule has 16 heavy (non-hydrogen) atoms. The molecule has 0 aliphatic carbocycles. The fourth-order valence-electron chi connectivity index (χ4n) is 1.25. The lowest BCUT2D eigenvalue weighted by Gasteiger charge is -2.08. The zero-order valence-electron chi connectivity index (χ0n) is 9.14. The third-order valence-corrected chi connectivity index (χ3v) is 2.24. The van der Waals surface area contributed by atoms with Crippen molar-refractivity contribution in [3.8, 4) is 0 Å². The molecular weight excluding hydrogens is 211 g/mol. The molecule has 0 saturated heterocycles. The van der Waals surface area contributed by atoms with Crippen molar-refractivity contribution in [1.82, 2.24) is 14.6 Å². The molecule has 1 N–H and O–H groups in total. The zero-order valence-corrected chi connectivity index (χ0v) is 9.14. The van der Waals surface area contributed by atoms with Crippen LogP contribution in [0.15, 0.2) is 18.3 Å². The highest BCUT2D eigenvalue weighted by molar-refractivity contribution is 5.43. The van der Waals surface area contributed by atoms with Crippen LogP contribution < -0.4 is 5.32 Å². The summed E-state index contributed by atoms with van der Waals surface area (Å²) in [5, 5.41) is 7.09. The van der Waals surface area contributed by atoms with Gasteiger partial charge in [-0.05, 0) is 19.1 Å². The van der Waals surface area contributed by atoms with E-state index in [2.05, 4.69) is 15.4 Å². The van der Waals surface area contributed by atoms with Gasteiger partial charge in [-0.25, -0.2) is 8.91 Å². The molecule has 2 rings (SSSR count). The molecular formula is C10H13FN4O. The summed E-state index contributed by atoms with van der Waals surface area (Å²) >= 11 is 0. The van der Waals surface area contributed by atoms with Crippen LogP contribution in [0.3, 0.4) is 0 Å². The van der Waals surface area contributed by atoms with Crippen molar-refractivity contribution in [2.75, 3.05) is 19.0 Å². The third kappa shape index (κ3) is 2.27.